The maximum absolute atomic E-state index is 13.6. The summed E-state index contributed by atoms with van der Waals surface area (Å²) in [5.74, 6) is 0.0505. The van der Waals surface area contributed by atoms with Crippen molar-refractivity contribution in [2.24, 2.45) is 0 Å². The van der Waals surface area contributed by atoms with Crippen molar-refractivity contribution in [3.05, 3.63) is 96.2 Å². The molecule has 2 aliphatic rings. The zero-order valence-electron chi connectivity index (χ0n) is 15.2. The number of rotatable bonds is 3. The van der Waals surface area contributed by atoms with Crippen molar-refractivity contribution in [2.45, 2.75) is 23.8 Å². The van der Waals surface area contributed by atoms with E-state index in [4.69, 9.17) is 0 Å². The van der Waals surface area contributed by atoms with Gasteiger partial charge in [-0.15, -0.1) is 0 Å². The van der Waals surface area contributed by atoms with E-state index in [0.717, 1.165) is 22.5 Å². The van der Waals surface area contributed by atoms with Crippen molar-refractivity contribution in [3.63, 3.8) is 0 Å². The lowest BCUT2D eigenvalue weighted by atomic mass is 9.85. The van der Waals surface area contributed by atoms with Gasteiger partial charge in [0.1, 0.15) is 0 Å². The summed E-state index contributed by atoms with van der Waals surface area (Å²) in [5.41, 5.74) is 3.71. The molecule has 2 atom stereocenters. The van der Waals surface area contributed by atoms with Crippen LogP contribution in [0.4, 0.5) is 5.69 Å². The molecule has 138 valence electrons. The number of benzene rings is 2. The minimum absolute atomic E-state index is 0.0505. The highest BCUT2D eigenvalue weighted by Crippen LogP contribution is 2.48. The van der Waals surface area contributed by atoms with Crippen LogP contribution in [0.1, 0.15) is 18.4 Å². The van der Waals surface area contributed by atoms with Crippen LogP contribution in [0.5, 0.6) is 0 Å². The Kier molecular flexibility index (Phi) is 4.40. The predicted molar refractivity (Wildman–Crippen MR) is 109 cm³/mol. The van der Waals surface area contributed by atoms with Gasteiger partial charge in [-0.3, -0.25) is 4.31 Å². The summed E-state index contributed by atoms with van der Waals surface area (Å²) >= 11 is 0. The number of nitrogens with one attached hydrogen (secondary N) is 1. The average Bonchev–Trinajstić information content (AvgIpc) is 3.05. The van der Waals surface area contributed by atoms with Crippen molar-refractivity contribution in [3.8, 4) is 0 Å². The van der Waals surface area contributed by atoms with E-state index in [0.29, 0.717) is 11.4 Å². The van der Waals surface area contributed by atoms with Gasteiger partial charge in [0, 0.05) is 18.2 Å². The quantitative estimate of drug-likeness (QED) is 0.879. The largest absolute Gasteiger partial charge is 0.384 e. The summed E-state index contributed by atoms with van der Waals surface area (Å²) in [4.78, 5) is 0.305. The van der Waals surface area contributed by atoms with Crippen LogP contribution in [0.3, 0.4) is 0 Å². The van der Waals surface area contributed by atoms with E-state index in [9.17, 15) is 8.42 Å². The molecule has 2 aliphatic heterocycles. The van der Waals surface area contributed by atoms with Crippen LogP contribution in [0, 0.1) is 0 Å². The molecule has 0 radical (unpaired) electrons. The number of piperidine rings is 1. The number of hydrogen-bond acceptors (Lipinski definition) is 3. The third-order valence-electron chi connectivity index (χ3n) is 5.24. The molecule has 1 saturated heterocycles. The van der Waals surface area contributed by atoms with Crippen LogP contribution >= 0.6 is 0 Å². The van der Waals surface area contributed by atoms with E-state index < -0.39 is 10.0 Å². The number of para-hydroxylation sites is 1. The molecule has 0 aliphatic carbocycles. The van der Waals surface area contributed by atoms with Gasteiger partial charge in [-0.2, -0.15) is 0 Å². The molecule has 0 saturated carbocycles. The number of hydrogen-bond donors (Lipinski definition) is 1. The zero-order valence-corrected chi connectivity index (χ0v) is 16.0. The van der Waals surface area contributed by atoms with Gasteiger partial charge >= 0.3 is 0 Å². The summed E-state index contributed by atoms with van der Waals surface area (Å²) in [7, 11) is -3.70. The Balaban J connectivity index is 1.95. The summed E-state index contributed by atoms with van der Waals surface area (Å²) in [6.07, 6.45) is 5.62. The monoisotopic (exact) mass is 378 g/mol. The number of fused-ring (bicyclic) bond motifs is 3. The first-order valence-corrected chi connectivity index (χ1v) is 10.4. The molecular weight excluding hydrogens is 356 g/mol. The van der Waals surface area contributed by atoms with Crippen LogP contribution in [0.15, 0.2) is 95.6 Å². The molecule has 0 bridgehead atoms. The normalized spacial score (nSPS) is 24.4. The lowest BCUT2D eigenvalue weighted by Gasteiger charge is -2.37. The Hall–Kier alpha value is -2.79. The molecule has 5 heteroatoms. The second kappa shape index (κ2) is 6.74. The van der Waals surface area contributed by atoms with Gasteiger partial charge in [0.2, 0.25) is 0 Å². The Morgan fingerprint density at radius 3 is 2.52 bits per heavy atom. The second-order valence-corrected chi connectivity index (χ2v) is 8.48. The first-order valence-electron chi connectivity index (χ1n) is 9.01. The molecule has 4 nitrogen and oxygen atoms in total. The minimum Gasteiger partial charge on any atom is -0.384 e. The van der Waals surface area contributed by atoms with E-state index >= 15 is 0 Å². The number of anilines is 1. The average molecular weight is 378 g/mol. The fraction of sp³-hybridized carbons (Fsp3) is 0.182. The van der Waals surface area contributed by atoms with Gasteiger partial charge in [-0.1, -0.05) is 61.2 Å². The van der Waals surface area contributed by atoms with E-state index in [2.05, 4.69) is 11.9 Å². The van der Waals surface area contributed by atoms with Gasteiger partial charge in [-0.25, -0.2) is 8.42 Å². The fourth-order valence-corrected chi connectivity index (χ4v) is 5.81. The molecule has 1 fully saturated rings. The predicted octanol–water partition coefficient (Wildman–Crippen LogP) is 3.97. The second-order valence-electron chi connectivity index (χ2n) is 6.67. The standard InChI is InChI=1S/C22H22N2O2S/c1-3-10-18-20(4-2)23-15-19-17-13-8-9-14-21(17)24(22(18)19)27(25,26)16-11-6-5-7-12-16/h3-14,19,22-23H,1,15H2,2H3/b18-10+,20-4+. The summed E-state index contributed by atoms with van der Waals surface area (Å²) in [6, 6.07) is 16.1. The molecule has 2 aromatic rings. The number of sulfonamides is 1. The fourth-order valence-electron chi connectivity index (χ4n) is 4.10. The third-order valence-corrected chi connectivity index (χ3v) is 7.05. The molecule has 27 heavy (non-hydrogen) atoms. The molecule has 2 heterocycles. The molecule has 0 amide bonds. The Labute approximate surface area is 160 Å². The maximum Gasteiger partial charge on any atom is 0.264 e. The Morgan fingerprint density at radius 1 is 1.11 bits per heavy atom. The molecule has 1 N–H and O–H groups in total. The van der Waals surface area contributed by atoms with E-state index in [1.807, 2.05) is 49.4 Å². The van der Waals surface area contributed by atoms with Crippen LogP contribution in [0.25, 0.3) is 0 Å². The Morgan fingerprint density at radius 2 is 1.81 bits per heavy atom. The summed E-state index contributed by atoms with van der Waals surface area (Å²) in [6.45, 7) is 6.48. The number of nitrogens with zero attached hydrogens (tertiary/aromatic N) is 1. The van der Waals surface area contributed by atoms with E-state index in [1.165, 1.54) is 0 Å². The van der Waals surface area contributed by atoms with Crippen molar-refractivity contribution < 1.29 is 8.42 Å². The molecule has 0 aromatic heterocycles. The van der Waals surface area contributed by atoms with Gasteiger partial charge in [0.05, 0.1) is 16.6 Å². The number of allylic oxidation sites excluding steroid dienone is 3. The maximum atomic E-state index is 13.6. The van der Waals surface area contributed by atoms with Gasteiger partial charge < -0.3 is 5.32 Å². The van der Waals surface area contributed by atoms with Crippen molar-refractivity contribution in [1.29, 1.82) is 0 Å². The first kappa shape index (κ1) is 17.6. The smallest absolute Gasteiger partial charge is 0.264 e. The summed E-state index contributed by atoms with van der Waals surface area (Å²) < 4.78 is 28.9. The van der Waals surface area contributed by atoms with Crippen LogP contribution in [-0.2, 0) is 10.0 Å². The molecule has 2 aromatic carbocycles. The summed E-state index contributed by atoms with van der Waals surface area (Å²) in [5, 5.41) is 3.45. The highest BCUT2D eigenvalue weighted by molar-refractivity contribution is 7.93. The zero-order chi connectivity index (χ0) is 19.0. The van der Waals surface area contributed by atoms with Gasteiger partial charge in [0.15, 0.2) is 0 Å². The molecule has 2 unspecified atom stereocenters. The van der Waals surface area contributed by atoms with E-state index in [1.54, 1.807) is 34.6 Å². The van der Waals surface area contributed by atoms with Crippen molar-refractivity contribution in [2.75, 3.05) is 10.8 Å². The topological polar surface area (TPSA) is 49.4 Å². The SMILES string of the molecule is C=C/C=C1\C(=C/C)NCC2c3ccccc3N(S(=O)(=O)c3ccccc3)C12. The van der Waals surface area contributed by atoms with Gasteiger partial charge in [-0.05, 0) is 36.3 Å². The lowest BCUT2D eigenvalue weighted by Crippen LogP contribution is -2.47. The van der Waals surface area contributed by atoms with Crippen molar-refractivity contribution >= 4 is 15.7 Å². The highest BCUT2D eigenvalue weighted by Gasteiger charge is 2.48. The Bertz CT molecular complexity index is 1040. The lowest BCUT2D eigenvalue weighted by molar-refractivity contribution is 0.530. The van der Waals surface area contributed by atoms with Crippen molar-refractivity contribution in [1.82, 2.24) is 5.32 Å². The first-order chi connectivity index (χ1) is 13.1. The van der Waals surface area contributed by atoms with Crippen LogP contribution in [0.2, 0.25) is 0 Å². The van der Waals surface area contributed by atoms with E-state index in [-0.39, 0.29) is 12.0 Å². The van der Waals surface area contributed by atoms with Gasteiger partial charge in [0.25, 0.3) is 10.0 Å². The third kappa shape index (κ3) is 2.70. The van der Waals surface area contributed by atoms with Crippen LogP contribution in [-0.4, -0.2) is 21.0 Å². The molecule has 4 rings (SSSR count). The highest BCUT2D eigenvalue weighted by atomic mass is 32.2. The minimum atomic E-state index is -3.70. The molecule has 0 spiro atoms. The molecular formula is C22H22N2O2S. The van der Waals surface area contributed by atoms with Crippen LogP contribution < -0.4 is 9.62 Å².